The van der Waals surface area contributed by atoms with Gasteiger partial charge in [0.2, 0.25) is 5.91 Å². The number of rotatable bonds is 4. The van der Waals surface area contributed by atoms with E-state index in [-0.39, 0.29) is 29.7 Å². The van der Waals surface area contributed by atoms with E-state index in [2.05, 4.69) is 0 Å². The second kappa shape index (κ2) is 6.28. The minimum absolute atomic E-state index is 0.136. The summed E-state index contributed by atoms with van der Waals surface area (Å²) in [6.07, 6.45) is 0.192. The average molecular weight is 345 g/mol. The van der Waals surface area contributed by atoms with Crippen LogP contribution in [-0.2, 0) is 14.8 Å². The van der Waals surface area contributed by atoms with E-state index in [0.29, 0.717) is 0 Å². The molecule has 1 fully saturated rings. The Balaban J connectivity index is 1.84. The number of ether oxygens (including phenoxy) is 1. The molecule has 2 aromatic rings. The normalized spacial score (nSPS) is 18.0. The number of aryl methyl sites for hydroxylation is 1. The fourth-order valence-corrected chi connectivity index (χ4v) is 4.30. The quantitative estimate of drug-likeness (QED) is 0.855. The topological polar surface area (TPSA) is 63.7 Å². The third-order valence-corrected chi connectivity index (χ3v) is 6.08. The minimum atomic E-state index is -3.80. The molecule has 1 atom stereocenters. The van der Waals surface area contributed by atoms with Gasteiger partial charge in [0.15, 0.2) is 0 Å². The molecule has 1 amide bonds. The van der Waals surface area contributed by atoms with Crippen molar-refractivity contribution < 1.29 is 17.9 Å². The molecule has 2 aromatic carbocycles. The lowest BCUT2D eigenvalue weighted by Crippen LogP contribution is -2.32. The fraction of sp³-hybridized carbons (Fsp3) is 0.278. The van der Waals surface area contributed by atoms with Crippen molar-refractivity contribution in [3.05, 3.63) is 59.7 Å². The molecule has 1 heterocycles. The van der Waals surface area contributed by atoms with Crippen LogP contribution in [-0.4, -0.2) is 32.3 Å². The number of hydrogen-bond acceptors (Lipinski definition) is 4. The molecule has 0 N–H and O–H groups in total. The van der Waals surface area contributed by atoms with Crippen molar-refractivity contribution in [1.82, 2.24) is 4.31 Å². The Kier molecular flexibility index (Phi) is 4.32. The van der Waals surface area contributed by atoms with Crippen molar-refractivity contribution in [2.75, 3.05) is 13.7 Å². The molecule has 0 saturated carbocycles. The Morgan fingerprint density at radius 3 is 2.25 bits per heavy atom. The van der Waals surface area contributed by atoms with E-state index >= 15 is 0 Å². The number of amides is 1. The van der Waals surface area contributed by atoms with Gasteiger partial charge in [0.25, 0.3) is 10.0 Å². The van der Waals surface area contributed by atoms with Gasteiger partial charge in [0.1, 0.15) is 5.75 Å². The first-order chi connectivity index (χ1) is 11.4. The minimum Gasteiger partial charge on any atom is -0.497 e. The van der Waals surface area contributed by atoms with E-state index in [4.69, 9.17) is 4.74 Å². The third-order valence-electron chi connectivity index (χ3n) is 4.28. The maximum Gasteiger partial charge on any atom is 0.266 e. The monoisotopic (exact) mass is 345 g/mol. The fourth-order valence-electron chi connectivity index (χ4n) is 2.85. The average Bonchev–Trinajstić information content (AvgIpc) is 2.98. The first kappa shape index (κ1) is 16.5. The molecule has 0 aromatic heterocycles. The van der Waals surface area contributed by atoms with E-state index in [1.807, 2.05) is 31.2 Å². The van der Waals surface area contributed by atoms with Gasteiger partial charge in [-0.2, -0.15) is 0 Å². The van der Waals surface area contributed by atoms with Crippen LogP contribution < -0.4 is 4.74 Å². The number of carbonyl (C=O) groups excluding carboxylic acids is 1. The van der Waals surface area contributed by atoms with Gasteiger partial charge in [0.05, 0.1) is 12.0 Å². The molecule has 3 rings (SSSR count). The molecule has 0 spiro atoms. The van der Waals surface area contributed by atoms with Crippen LogP contribution in [0.2, 0.25) is 0 Å². The van der Waals surface area contributed by atoms with Crippen LogP contribution in [0, 0.1) is 6.92 Å². The summed E-state index contributed by atoms with van der Waals surface area (Å²) in [6, 6.07) is 13.9. The zero-order valence-corrected chi connectivity index (χ0v) is 14.4. The molecule has 24 heavy (non-hydrogen) atoms. The van der Waals surface area contributed by atoms with Gasteiger partial charge >= 0.3 is 0 Å². The first-order valence-corrected chi connectivity index (χ1v) is 9.12. The molecular formula is C18H19NO4S. The lowest BCUT2D eigenvalue weighted by molar-refractivity contribution is -0.123. The predicted molar refractivity (Wildman–Crippen MR) is 90.4 cm³/mol. The first-order valence-electron chi connectivity index (χ1n) is 7.68. The molecule has 1 saturated heterocycles. The van der Waals surface area contributed by atoms with Gasteiger partial charge in [-0.1, -0.05) is 29.8 Å². The molecule has 0 aliphatic carbocycles. The van der Waals surface area contributed by atoms with Crippen LogP contribution in [0.1, 0.15) is 23.5 Å². The van der Waals surface area contributed by atoms with Crippen molar-refractivity contribution >= 4 is 15.9 Å². The SMILES string of the molecule is COc1ccc([C@H]2CC(=O)N(S(=O)(=O)c3ccc(C)cc3)C2)cc1. The Bertz CT molecular complexity index is 842. The maximum absolute atomic E-state index is 12.7. The van der Waals surface area contributed by atoms with Gasteiger partial charge in [-0.05, 0) is 36.8 Å². The number of hydrogen-bond donors (Lipinski definition) is 0. The van der Waals surface area contributed by atoms with Crippen molar-refractivity contribution in [2.24, 2.45) is 0 Å². The van der Waals surface area contributed by atoms with Gasteiger partial charge in [0, 0.05) is 18.9 Å². The zero-order chi connectivity index (χ0) is 17.3. The summed E-state index contributed by atoms with van der Waals surface area (Å²) in [5.41, 5.74) is 1.91. The lowest BCUT2D eigenvalue weighted by atomic mass is 9.98. The number of carbonyl (C=O) groups is 1. The van der Waals surface area contributed by atoms with E-state index in [1.165, 1.54) is 0 Å². The highest BCUT2D eigenvalue weighted by Crippen LogP contribution is 2.32. The van der Waals surface area contributed by atoms with E-state index in [1.54, 1.807) is 31.4 Å². The van der Waals surface area contributed by atoms with Gasteiger partial charge < -0.3 is 4.74 Å². The molecular weight excluding hydrogens is 326 g/mol. The zero-order valence-electron chi connectivity index (χ0n) is 13.6. The lowest BCUT2D eigenvalue weighted by Gasteiger charge is -2.17. The van der Waals surface area contributed by atoms with Crippen molar-refractivity contribution in [1.29, 1.82) is 0 Å². The summed E-state index contributed by atoms with van der Waals surface area (Å²) in [4.78, 5) is 12.4. The van der Waals surface area contributed by atoms with Gasteiger partial charge in [-0.25, -0.2) is 12.7 Å². The molecule has 0 bridgehead atoms. The Morgan fingerprint density at radius 1 is 1.04 bits per heavy atom. The smallest absolute Gasteiger partial charge is 0.266 e. The molecule has 5 nitrogen and oxygen atoms in total. The second-order valence-electron chi connectivity index (χ2n) is 5.92. The molecule has 1 aliphatic heterocycles. The highest BCUT2D eigenvalue weighted by molar-refractivity contribution is 7.89. The Morgan fingerprint density at radius 2 is 1.67 bits per heavy atom. The molecule has 126 valence electrons. The van der Waals surface area contributed by atoms with Crippen LogP contribution in [0.5, 0.6) is 5.75 Å². The van der Waals surface area contributed by atoms with Crippen LogP contribution in [0.4, 0.5) is 0 Å². The second-order valence-corrected chi connectivity index (χ2v) is 7.78. The van der Waals surface area contributed by atoms with Crippen LogP contribution in [0.15, 0.2) is 53.4 Å². The van der Waals surface area contributed by atoms with E-state index in [9.17, 15) is 13.2 Å². The van der Waals surface area contributed by atoms with Gasteiger partial charge in [-0.3, -0.25) is 4.79 Å². The molecule has 1 aliphatic rings. The predicted octanol–water partition coefficient (Wildman–Crippen LogP) is 2.71. The van der Waals surface area contributed by atoms with Crippen molar-refractivity contribution in [3.8, 4) is 5.75 Å². The number of methoxy groups -OCH3 is 1. The molecule has 0 unspecified atom stereocenters. The highest BCUT2D eigenvalue weighted by atomic mass is 32.2. The van der Waals surface area contributed by atoms with Crippen LogP contribution in [0.3, 0.4) is 0 Å². The molecule has 0 radical (unpaired) electrons. The standard InChI is InChI=1S/C18H19NO4S/c1-13-3-9-17(10-4-13)24(21,22)19-12-15(11-18(19)20)14-5-7-16(23-2)8-6-14/h3-10,15H,11-12H2,1-2H3/t15-/m0/s1. The number of benzene rings is 2. The molecule has 6 heteroatoms. The van der Waals surface area contributed by atoms with Crippen molar-refractivity contribution in [3.63, 3.8) is 0 Å². The Labute approximate surface area is 141 Å². The van der Waals surface area contributed by atoms with E-state index in [0.717, 1.165) is 21.2 Å². The summed E-state index contributed by atoms with van der Waals surface area (Å²) in [7, 11) is -2.21. The summed E-state index contributed by atoms with van der Waals surface area (Å²) in [5.74, 6) is 0.229. The number of sulfonamides is 1. The van der Waals surface area contributed by atoms with Gasteiger partial charge in [-0.15, -0.1) is 0 Å². The van der Waals surface area contributed by atoms with E-state index < -0.39 is 10.0 Å². The third kappa shape index (κ3) is 3.01. The Hall–Kier alpha value is -2.34. The summed E-state index contributed by atoms with van der Waals surface area (Å²) >= 11 is 0. The van der Waals surface area contributed by atoms with Crippen LogP contribution >= 0.6 is 0 Å². The summed E-state index contributed by atoms with van der Waals surface area (Å²) in [5, 5.41) is 0. The van der Waals surface area contributed by atoms with Crippen molar-refractivity contribution in [2.45, 2.75) is 24.2 Å². The summed E-state index contributed by atoms with van der Waals surface area (Å²) in [6.45, 7) is 2.05. The highest BCUT2D eigenvalue weighted by Gasteiger charge is 2.38. The summed E-state index contributed by atoms with van der Waals surface area (Å²) < 4.78 is 31.6. The maximum atomic E-state index is 12.7. The number of nitrogens with zero attached hydrogens (tertiary/aromatic N) is 1. The van der Waals surface area contributed by atoms with Crippen LogP contribution in [0.25, 0.3) is 0 Å². The largest absolute Gasteiger partial charge is 0.497 e.